The summed E-state index contributed by atoms with van der Waals surface area (Å²) in [4.78, 5) is 50.9. The summed E-state index contributed by atoms with van der Waals surface area (Å²) in [5, 5.41) is 10.6. The average molecular weight is 766 g/mol. The molecule has 56 heavy (non-hydrogen) atoms. The molecular formula is C44H51N3O9. The summed E-state index contributed by atoms with van der Waals surface area (Å²) >= 11 is 0. The minimum atomic E-state index is -1.12. The number of alkyl carbamates (subject to hydrolysis) is 2. The first kappa shape index (κ1) is 40.2. The number of esters is 1. The number of ether oxygens (including phenoxy) is 5. The number of benzene rings is 4. The molecule has 2 aliphatic heterocycles. The lowest BCUT2D eigenvalue weighted by atomic mass is 9.90. The third kappa shape index (κ3) is 11.1. The van der Waals surface area contributed by atoms with E-state index in [9.17, 15) is 19.2 Å². The number of carbonyl (C=O) groups is 4. The Kier molecular flexibility index (Phi) is 13.9. The van der Waals surface area contributed by atoms with Gasteiger partial charge < -0.3 is 39.6 Å². The Labute approximate surface area is 327 Å². The third-order valence-electron chi connectivity index (χ3n) is 10.4. The van der Waals surface area contributed by atoms with Crippen molar-refractivity contribution in [1.29, 1.82) is 0 Å². The maximum absolute atomic E-state index is 13.2. The van der Waals surface area contributed by atoms with E-state index in [0.717, 1.165) is 33.9 Å². The first-order chi connectivity index (χ1) is 27.2. The molecular weight excluding hydrogens is 714 g/mol. The van der Waals surface area contributed by atoms with Gasteiger partial charge in [-0.2, -0.15) is 0 Å². The van der Waals surface area contributed by atoms with Crippen LogP contribution in [-0.4, -0.2) is 74.5 Å². The van der Waals surface area contributed by atoms with Gasteiger partial charge in [0.15, 0.2) is 5.79 Å². The molecule has 4 aromatic carbocycles. The number of rotatable bonds is 14. The second-order valence-corrected chi connectivity index (χ2v) is 14.4. The fourth-order valence-electron chi connectivity index (χ4n) is 7.62. The van der Waals surface area contributed by atoms with Crippen LogP contribution in [0.1, 0.15) is 74.5 Å². The summed E-state index contributed by atoms with van der Waals surface area (Å²) in [6.07, 6.45) is 0.247. The molecule has 0 radical (unpaired) electrons. The van der Waals surface area contributed by atoms with E-state index in [1.165, 1.54) is 7.11 Å². The Morgan fingerprint density at radius 3 is 2.23 bits per heavy atom. The molecule has 12 nitrogen and oxygen atoms in total. The van der Waals surface area contributed by atoms with Gasteiger partial charge in [-0.15, -0.1) is 0 Å². The van der Waals surface area contributed by atoms with Gasteiger partial charge in [0.25, 0.3) is 0 Å². The molecule has 0 aliphatic carbocycles. The van der Waals surface area contributed by atoms with Crippen LogP contribution in [0.25, 0.3) is 10.8 Å². The smallest absolute Gasteiger partial charge is 0.407 e. The maximum atomic E-state index is 13.2. The second kappa shape index (κ2) is 19.4. The first-order valence-corrected chi connectivity index (χ1v) is 19.3. The zero-order chi connectivity index (χ0) is 39.3. The van der Waals surface area contributed by atoms with E-state index >= 15 is 0 Å². The number of hydrogen-bond acceptors (Lipinski definition) is 9. The molecule has 5 atom stereocenters. The highest BCUT2D eigenvalue weighted by Gasteiger charge is 2.47. The molecule has 2 aliphatic rings. The Hall–Kier alpha value is -5.46. The molecule has 2 saturated heterocycles. The number of fused-ring (bicyclic) bond motifs is 1. The summed E-state index contributed by atoms with van der Waals surface area (Å²) in [6, 6.07) is 33.1. The van der Waals surface area contributed by atoms with Crippen molar-refractivity contribution in [1.82, 2.24) is 16.0 Å². The monoisotopic (exact) mass is 765 g/mol. The molecule has 4 unspecified atom stereocenters. The zero-order valence-electron chi connectivity index (χ0n) is 31.9. The summed E-state index contributed by atoms with van der Waals surface area (Å²) in [7, 11) is 1.26. The number of methoxy groups -OCH3 is 1. The van der Waals surface area contributed by atoms with E-state index in [-0.39, 0.29) is 37.8 Å². The zero-order valence-corrected chi connectivity index (χ0v) is 31.9. The number of nitrogens with one attached hydrogen (secondary N) is 3. The molecule has 3 amide bonds. The predicted molar refractivity (Wildman–Crippen MR) is 210 cm³/mol. The highest BCUT2D eigenvalue weighted by molar-refractivity contribution is 5.86. The number of carbonyl (C=O) groups excluding carboxylic acids is 4. The molecule has 1 spiro atoms. The van der Waals surface area contributed by atoms with Gasteiger partial charge >= 0.3 is 18.2 Å². The van der Waals surface area contributed by atoms with Crippen LogP contribution in [-0.2, 0) is 39.8 Å². The van der Waals surface area contributed by atoms with Gasteiger partial charge in [-0.3, -0.25) is 4.79 Å². The Bertz CT molecular complexity index is 1880. The van der Waals surface area contributed by atoms with Gasteiger partial charge in [-0.1, -0.05) is 103 Å². The molecule has 12 heteroatoms. The van der Waals surface area contributed by atoms with Crippen molar-refractivity contribution < 1.29 is 42.9 Å². The average Bonchev–Trinajstić information content (AvgIpc) is 3.21. The largest absolute Gasteiger partial charge is 0.467 e. The van der Waals surface area contributed by atoms with E-state index in [0.29, 0.717) is 32.2 Å². The first-order valence-electron chi connectivity index (χ1n) is 19.3. The summed E-state index contributed by atoms with van der Waals surface area (Å²) in [5.74, 6) is -2.05. The van der Waals surface area contributed by atoms with Crippen molar-refractivity contribution in [2.45, 2.75) is 94.5 Å². The summed E-state index contributed by atoms with van der Waals surface area (Å²) < 4.78 is 29.6. The van der Waals surface area contributed by atoms with Gasteiger partial charge in [-0.25, -0.2) is 14.4 Å². The maximum Gasteiger partial charge on any atom is 0.407 e. The Morgan fingerprint density at radius 2 is 1.50 bits per heavy atom. The second-order valence-electron chi connectivity index (χ2n) is 14.4. The van der Waals surface area contributed by atoms with Crippen LogP contribution in [0.2, 0.25) is 0 Å². The molecule has 296 valence electrons. The van der Waals surface area contributed by atoms with E-state index < -0.39 is 48.3 Å². The molecule has 0 aromatic heterocycles. The topological polar surface area (TPSA) is 151 Å². The van der Waals surface area contributed by atoms with E-state index in [2.05, 4.69) is 16.0 Å². The van der Waals surface area contributed by atoms with Crippen LogP contribution >= 0.6 is 0 Å². The minimum absolute atomic E-state index is 0.00775. The molecule has 0 saturated carbocycles. The van der Waals surface area contributed by atoms with Gasteiger partial charge in [0.2, 0.25) is 5.91 Å². The normalized spacial score (nSPS) is 21.2. The fraction of sp³-hybridized carbons (Fsp3) is 0.409. The van der Waals surface area contributed by atoms with Crippen LogP contribution in [0, 0.1) is 0 Å². The third-order valence-corrected chi connectivity index (χ3v) is 10.4. The van der Waals surface area contributed by atoms with Crippen LogP contribution in [0.3, 0.4) is 0 Å². The Balaban J connectivity index is 1.07. The number of amides is 3. The van der Waals surface area contributed by atoms with Gasteiger partial charge in [0, 0.05) is 44.7 Å². The SMILES string of the molecule is COC(=O)[C@H](C)NC(=O)CCC1CC(OC(=O)NCc2cccc3ccccc23)CC2(CCCC(COC(=O)NCC(c3ccccc3)c3ccccc3)O2)O1. The van der Waals surface area contributed by atoms with Crippen LogP contribution in [0.4, 0.5) is 9.59 Å². The van der Waals surface area contributed by atoms with Gasteiger partial charge in [0.05, 0.1) is 19.3 Å². The van der Waals surface area contributed by atoms with Crippen molar-refractivity contribution in [3.05, 3.63) is 120 Å². The lowest BCUT2D eigenvalue weighted by Crippen LogP contribution is -2.53. The molecule has 3 N–H and O–H groups in total. The quantitative estimate of drug-likeness (QED) is 0.0921. The molecule has 0 bridgehead atoms. The summed E-state index contributed by atoms with van der Waals surface area (Å²) in [6.45, 7) is 2.19. The van der Waals surface area contributed by atoms with Crippen molar-refractivity contribution >= 4 is 34.8 Å². The van der Waals surface area contributed by atoms with Crippen LogP contribution in [0.15, 0.2) is 103 Å². The summed E-state index contributed by atoms with van der Waals surface area (Å²) in [5.41, 5.74) is 3.12. The highest BCUT2D eigenvalue weighted by atomic mass is 16.7. The standard InChI is InChI=1S/C44H51N3O9/c1-30(41(49)52-2)47-40(48)23-22-35-25-37(54-43(51)45-27-34-19-11-18-31-17-9-10-21-38(31)34)26-44(55-35)24-12-20-36(56-44)29-53-42(50)46-28-39(32-13-5-3-6-14-32)33-15-7-4-8-16-33/h3-11,13-19,21,30,35-37,39H,12,20,22-29H2,1-2H3,(H,45,51)(H,46,50)(H,47,48)/t30-,35?,36?,37?,44?/m0/s1. The lowest BCUT2D eigenvalue weighted by molar-refractivity contribution is -0.329. The van der Waals surface area contributed by atoms with E-state index in [1.54, 1.807) is 6.92 Å². The Morgan fingerprint density at radius 1 is 0.821 bits per heavy atom. The van der Waals surface area contributed by atoms with Crippen LogP contribution < -0.4 is 16.0 Å². The molecule has 2 fully saturated rings. The van der Waals surface area contributed by atoms with Crippen LogP contribution in [0.5, 0.6) is 0 Å². The van der Waals surface area contributed by atoms with E-state index in [1.807, 2.05) is 103 Å². The van der Waals surface area contributed by atoms with Gasteiger partial charge in [0.1, 0.15) is 18.8 Å². The van der Waals surface area contributed by atoms with Crippen molar-refractivity contribution in [2.24, 2.45) is 0 Å². The molecule has 2 heterocycles. The highest BCUT2D eigenvalue weighted by Crippen LogP contribution is 2.41. The lowest BCUT2D eigenvalue weighted by Gasteiger charge is -2.47. The van der Waals surface area contributed by atoms with E-state index in [4.69, 9.17) is 23.7 Å². The minimum Gasteiger partial charge on any atom is -0.467 e. The number of hydrogen-bond donors (Lipinski definition) is 3. The molecule has 6 rings (SSSR count). The fourth-order valence-corrected chi connectivity index (χ4v) is 7.62. The van der Waals surface area contributed by atoms with Crippen molar-refractivity contribution in [3.8, 4) is 0 Å². The van der Waals surface area contributed by atoms with Gasteiger partial charge in [-0.05, 0) is 53.6 Å². The van der Waals surface area contributed by atoms with Crippen molar-refractivity contribution in [2.75, 3.05) is 20.3 Å². The predicted octanol–water partition coefficient (Wildman–Crippen LogP) is 6.90. The molecule has 4 aromatic rings. The van der Waals surface area contributed by atoms with Crippen molar-refractivity contribution in [3.63, 3.8) is 0 Å².